The number of phenolic OH excluding ortho intramolecular Hbond substituents is 2. The maximum atomic E-state index is 10.7. The highest BCUT2D eigenvalue weighted by Crippen LogP contribution is 2.55. The SMILES string of the molecule is CCC1c2ccccc2-c2c1cc(O)c1c(OC)c(OC)c(O)cc21. The summed E-state index contributed by atoms with van der Waals surface area (Å²) in [6.07, 6.45) is 0.939. The third kappa shape index (κ3) is 2.00. The quantitative estimate of drug-likeness (QED) is 0.722. The van der Waals surface area contributed by atoms with Crippen molar-refractivity contribution in [3.8, 4) is 34.1 Å². The highest BCUT2D eigenvalue weighted by molar-refractivity contribution is 6.09. The van der Waals surface area contributed by atoms with Gasteiger partial charge in [-0.1, -0.05) is 31.2 Å². The molecule has 3 aromatic rings. The molecule has 128 valence electrons. The van der Waals surface area contributed by atoms with E-state index in [1.54, 1.807) is 6.07 Å². The number of methoxy groups -OCH3 is 2. The van der Waals surface area contributed by atoms with Gasteiger partial charge in [0, 0.05) is 11.3 Å². The molecule has 0 aromatic heterocycles. The van der Waals surface area contributed by atoms with Crippen molar-refractivity contribution >= 4 is 10.8 Å². The van der Waals surface area contributed by atoms with E-state index in [1.165, 1.54) is 19.8 Å². The Balaban J connectivity index is 2.19. The third-order valence-electron chi connectivity index (χ3n) is 5.12. The zero-order valence-electron chi connectivity index (χ0n) is 14.5. The molecule has 1 atom stereocenters. The molecule has 3 aromatic carbocycles. The summed E-state index contributed by atoms with van der Waals surface area (Å²) in [7, 11) is 2.97. The van der Waals surface area contributed by atoms with Crippen LogP contribution in [0.5, 0.6) is 23.0 Å². The molecule has 0 spiro atoms. The maximum absolute atomic E-state index is 10.7. The minimum absolute atomic E-state index is 0.00270. The Hall–Kier alpha value is -2.88. The Kier molecular flexibility index (Phi) is 3.49. The molecule has 4 rings (SSSR count). The van der Waals surface area contributed by atoms with Gasteiger partial charge in [-0.2, -0.15) is 0 Å². The minimum atomic E-state index is -0.00270. The van der Waals surface area contributed by atoms with Crippen molar-refractivity contribution in [2.45, 2.75) is 19.3 Å². The minimum Gasteiger partial charge on any atom is -0.507 e. The van der Waals surface area contributed by atoms with Crippen LogP contribution in [-0.2, 0) is 0 Å². The zero-order chi connectivity index (χ0) is 17.7. The topological polar surface area (TPSA) is 58.9 Å². The summed E-state index contributed by atoms with van der Waals surface area (Å²) in [5, 5.41) is 22.5. The number of aromatic hydroxyl groups is 2. The first-order valence-corrected chi connectivity index (χ1v) is 8.35. The summed E-state index contributed by atoms with van der Waals surface area (Å²) in [4.78, 5) is 0. The second-order valence-electron chi connectivity index (χ2n) is 6.29. The van der Waals surface area contributed by atoms with Crippen LogP contribution in [0.3, 0.4) is 0 Å². The smallest absolute Gasteiger partial charge is 0.203 e. The van der Waals surface area contributed by atoms with Crippen LogP contribution in [0.2, 0.25) is 0 Å². The van der Waals surface area contributed by atoms with Gasteiger partial charge in [0.15, 0.2) is 11.5 Å². The van der Waals surface area contributed by atoms with E-state index < -0.39 is 0 Å². The molecular weight excluding hydrogens is 316 g/mol. The zero-order valence-corrected chi connectivity index (χ0v) is 14.5. The molecule has 4 nitrogen and oxygen atoms in total. The van der Waals surface area contributed by atoms with Crippen molar-refractivity contribution in [2.24, 2.45) is 0 Å². The molecule has 0 radical (unpaired) electrons. The molecular formula is C21H20O4. The van der Waals surface area contributed by atoms with Crippen LogP contribution in [0.4, 0.5) is 0 Å². The van der Waals surface area contributed by atoms with Crippen LogP contribution in [0.25, 0.3) is 21.9 Å². The van der Waals surface area contributed by atoms with Crippen LogP contribution < -0.4 is 9.47 Å². The number of ether oxygens (including phenoxy) is 2. The molecule has 1 aliphatic rings. The molecule has 2 N–H and O–H groups in total. The average molecular weight is 336 g/mol. The number of hydrogen-bond acceptors (Lipinski definition) is 4. The Morgan fingerprint density at radius 3 is 2.32 bits per heavy atom. The van der Waals surface area contributed by atoms with Gasteiger partial charge in [0.1, 0.15) is 5.75 Å². The highest BCUT2D eigenvalue weighted by Gasteiger charge is 2.31. The lowest BCUT2D eigenvalue weighted by atomic mass is 9.92. The van der Waals surface area contributed by atoms with E-state index in [0.717, 1.165) is 28.5 Å². The van der Waals surface area contributed by atoms with E-state index in [-0.39, 0.29) is 23.2 Å². The summed E-state index contributed by atoms with van der Waals surface area (Å²) in [6, 6.07) is 11.8. The standard InChI is InChI=1S/C21H20O4/c1-4-11-12-7-5-6-8-13(12)18-14(11)9-16(22)19-15(18)10-17(23)20(24-2)21(19)25-3/h5-11,22-23H,4H2,1-3H3. The van der Waals surface area contributed by atoms with E-state index in [4.69, 9.17) is 9.47 Å². The van der Waals surface area contributed by atoms with Gasteiger partial charge in [-0.3, -0.25) is 0 Å². The second kappa shape index (κ2) is 5.59. The molecule has 0 heterocycles. The summed E-state index contributed by atoms with van der Waals surface area (Å²) in [6.45, 7) is 2.14. The molecule has 0 aliphatic heterocycles. The van der Waals surface area contributed by atoms with Crippen LogP contribution in [0, 0.1) is 0 Å². The van der Waals surface area contributed by atoms with Crippen LogP contribution in [-0.4, -0.2) is 24.4 Å². The molecule has 0 bridgehead atoms. The van der Waals surface area contributed by atoms with E-state index in [1.807, 2.05) is 18.2 Å². The van der Waals surface area contributed by atoms with E-state index >= 15 is 0 Å². The lowest BCUT2D eigenvalue weighted by Gasteiger charge is -2.17. The first-order valence-electron chi connectivity index (χ1n) is 8.35. The predicted octanol–water partition coefficient (Wildman–Crippen LogP) is 4.79. The van der Waals surface area contributed by atoms with Gasteiger partial charge < -0.3 is 19.7 Å². The largest absolute Gasteiger partial charge is 0.507 e. The molecule has 0 amide bonds. The number of fused-ring (bicyclic) bond motifs is 5. The van der Waals surface area contributed by atoms with Gasteiger partial charge in [0.2, 0.25) is 5.75 Å². The van der Waals surface area contributed by atoms with Crippen molar-refractivity contribution in [1.82, 2.24) is 0 Å². The van der Waals surface area contributed by atoms with Gasteiger partial charge in [0.25, 0.3) is 0 Å². The summed E-state index contributed by atoms with van der Waals surface area (Å²) in [5.74, 6) is 0.933. The van der Waals surface area contributed by atoms with Crippen molar-refractivity contribution in [3.63, 3.8) is 0 Å². The number of rotatable bonds is 3. The average Bonchev–Trinajstić information content (AvgIpc) is 2.93. The Labute approximate surface area is 146 Å². The number of hydrogen-bond donors (Lipinski definition) is 2. The fraction of sp³-hybridized carbons (Fsp3) is 0.238. The van der Waals surface area contributed by atoms with E-state index in [9.17, 15) is 10.2 Å². The predicted molar refractivity (Wildman–Crippen MR) is 98.0 cm³/mol. The van der Waals surface area contributed by atoms with Crippen LogP contribution >= 0.6 is 0 Å². The molecule has 0 saturated carbocycles. The fourth-order valence-electron chi connectivity index (χ4n) is 4.13. The van der Waals surface area contributed by atoms with Gasteiger partial charge in [-0.15, -0.1) is 0 Å². The van der Waals surface area contributed by atoms with Gasteiger partial charge in [0.05, 0.1) is 19.6 Å². The van der Waals surface area contributed by atoms with Crippen LogP contribution in [0.1, 0.15) is 30.4 Å². The second-order valence-corrected chi connectivity index (χ2v) is 6.29. The summed E-state index contributed by atoms with van der Waals surface area (Å²) >= 11 is 0. The monoisotopic (exact) mass is 336 g/mol. The lowest BCUT2D eigenvalue weighted by Crippen LogP contribution is -1.96. The van der Waals surface area contributed by atoms with Gasteiger partial charge in [-0.25, -0.2) is 0 Å². The molecule has 1 unspecified atom stereocenters. The highest BCUT2D eigenvalue weighted by atomic mass is 16.5. The van der Waals surface area contributed by atoms with Gasteiger partial charge in [-0.05, 0) is 40.8 Å². The third-order valence-corrected chi connectivity index (χ3v) is 5.12. The molecule has 0 saturated heterocycles. The Morgan fingerprint density at radius 1 is 0.920 bits per heavy atom. The Bertz CT molecular complexity index is 991. The fourth-order valence-corrected chi connectivity index (χ4v) is 4.13. The molecule has 4 heteroatoms. The van der Waals surface area contributed by atoms with Crippen molar-refractivity contribution in [3.05, 3.63) is 47.5 Å². The molecule has 25 heavy (non-hydrogen) atoms. The lowest BCUT2D eigenvalue weighted by molar-refractivity contribution is 0.335. The van der Waals surface area contributed by atoms with Crippen LogP contribution in [0.15, 0.2) is 36.4 Å². The molecule has 0 fully saturated rings. The maximum Gasteiger partial charge on any atom is 0.203 e. The van der Waals surface area contributed by atoms with Crippen molar-refractivity contribution in [2.75, 3.05) is 14.2 Å². The first kappa shape index (κ1) is 15.6. The first-order chi connectivity index (χ1) is 12.1. The van der Waals surface area contributed by atoms with Crippen molar-refractivity contribution < 1.29 is 19.7 Å². The number of benzene rings is 3. The van der Waals surface area contributed by atoms with E-state index in [2.05, 4.69) is 19.1 Å². The molecule has 1 aliphatic carbocycles. The van der Waals surface area contributed by atoms with Crippen molar-refractivity contribution in [1.29, 1.82) is 0 Å². The summed E-state index contributed by atoms with van der Waals surface area (Å²) < 4.78 is 10.7. The normalized spacial score (nSPS) is 15.1. The number of phenols is 2. The van der Waals surface area contributed by atoms with Gasteiger partial charge >= 0.3 is 0 Å². The van der Waals surface area contributed by atoms with E-state index in [0.29, 0.717) is 11.1 Å². The Morgan fingerprint density at radius 2 is 1.64 bits per heavy atom. The summed E-state index contributed by atoms with van der Waals surface area (Å²) in [5.41, 5.74) is 4.52.